The van der Waals surface area contributed by atoms with Gasteiger partial charge in [0, 0.05) is 29.8 Å². The van der Waals surface area contributed by atoms with Crippen molar-refractivity contribution in [2.75, 3.05) is 11.9 Å². The van der Waals surface area contributed by atoms with Gasteiger partial charge >= 0.3 is 6.03 Å². The highest BCUT2D eigenvalue weighted by Gasteiger charge is 2.25. The molecule has 1 aromatic heterocycles. The molecule has 2 amide bonds. The number of aromatic nitrogens is 2. The van der Waals surface area contributed by atoms with E-state index in [1.807, 2.05) is 18.2 Å². The maximum Gasteiger partial charge on any atom is 0.368 e. The number of benzene rings is 2. The van der Waals surface area contributed by atoms with Gasteiger partial charge in [0.25, 0.3) is 5.91 Å². The molecule has 6 nitrogen and oxygen atoms in total. The van der Waals surface area contributed by atoms with Crippen molar-refractivity contribution in [1.82, 2.24) is 9.78 Å². The maximum absolute atomic E-state index is 13.0. The highest BCUT2D eigenvalue weighted by molar-refractivity contribution is 9.10. The molecule has 0 aliphatic carbocycles. The minimum atomic E-state index is -0.621. The van der Waals surface area contributed by atoms with Crippen molar-refractivity contribution in [3.05, 3.63) is 81.8 Å². The number of carbonyl (C=O) groups is 2. The van der Waals surface area contributed by atoms with Crippen LogP contribution in [0.2, 0.25) is 0 Å². The largest absolute Gasteiger partial charge is 0.368 e. The van der Waals surface area contributed by atoms with E-state index in [0.29, 0.717) is 19.3 Å². The van der Waals surface area contributed by atoms with Crippen molar-refractivity contribution in [1.29, 1.82) is 0 Å². The van der Waals surface area contributed by atoms with Gasteiger partial charge in [-0.3, -0.25) is 4.79 Å². The molecular weight excluding hydrogens is 451 g/mol. The van der Waals surface area contributed by atoms with Crippen molar-refractivity contribution in [3.8, 4) is 0 Å². The Kier molecular flexibility index (Phi) is 5.59. The number of aryl methyl sites for hydroxylation is 1. The lowest BCUT2D eigenvalue weighted by molar-refractivity contribution is -0.112. The third-order valence-electron chi connectivity index (χ3n) is 4.98. The molecule has 0 spiro atoms. The summed E-state index contributed by atoms with van der Waals surface area (Å²) in [5.74, 6) is -0.605. The molecule has 3 aromatic rings. The van der Waals surface area contributed by atoms with Gasteiger partial charge in [-0.15, -0.1) is 0 Å². The molecule has 2 heterocycles. The Labute approximate surface area is 181 Å². The number of rotatable bonds is 2. The predicted octanol–water partition coefficient (Wildman–Crippen LogP) is 4.39. The third kappa shape index (κ3) is 4.23. The molecule has 0 bridgehead atoms. The second-order valence-electron chi connectivity index (χ2n) is 7.07. The standard InChI is InChI=1S/C22H18BrFN4O2/c1-27-20-11-17(23)6-4-16(20)5-9-19(21(27)29)26-22(30)28-13-15(12-25-28)10-14-2-7-18(24)8-3-14/h2-4,6-8,11-13H,5,9-10H2,1H3/b26-19-. The number of fused-ring (bicyclic) bond motifs is 1. The summed E-state index contributed by atoms with van der Waals surface area (Å²) in [6, 6.07) is 11.3. The van der Waals surface area contributed by atoms with E-state index in [1.54, 1.807) is 31.6 Å². The van der Waals surface area contributed by atoms with Crippen LogP contribution in [0, 0.1) is 5.82 Å². The fourth-order valence-electron chi connectivity index (χ4n) is 3.39. The lowest BCUT2D eigenvalue weighted by Gasteiger charge is -2.17. The van der Waals surface area contributed by atoms with Crippen LogP contribution in [0.3, 0.4) is 0 Å². The molecule has 152 valence electrons. The SMILES string of the molecule is CN1C(=O)/C(=N\C(=O)n2cc(Cc3ccc(F)cc3)cn2)CCc2ccc(Br)cc21. The van der Waals surface area contributed by atoms with Crippen LogP contribution in [0.1, 0.15) is 23.1 Å². The van der Waals surface area contributed by atoms with Gasteiger partial charge in [-0.05, 0) is 53.8 Å². The fourth-order valence-corrected chi connectivity index (χ4v) is 3.74. The molecule has 0 radical (unpaired) electrons. The van der Waals surface area contributed by atoms with Crippen LogP contribution < -0.4 is 4.90 Å². The topological polar surface area (TPSA) is 67.6 Å². The molecule has 1 aliphatic rings. The van der Waals surface area contributed by atoms with E-state index >= 15 is 0 Å². The summed E-state index contributed by atoms with van der Waals surface area (Å²) in [7, 11) is 1.67. The van der Waals surface area contributed by atoms with Gasteiger partial charge < -0.3 is 4.90 Å². The van der Waals surface area contributed by atoms with Gasteiger partial charge in [-0.1, -0.05) is 34.1 Å². The smallest absolute Gasteiger partial charge is 0.310 e. The van der Waals surface area contributed by atoms with Gasteiger partial charge in [0.1, 0.15) is 11.5 Å². The molecule has 0 saturated heterocycles. The molecule has 8 heteroatoms. The van der Waals surface area contributed by atoms with E-state index < -0.39 is 6.03 Å². The van der Waals surface area contributed by atoms with Gasteiger partial charge in [0.15, 0.2) is 0 Å². The zero-order valence-electron chi connectivity index (χ0n) is 16.2. The summed E-state index contributed by atoms with van der Waals surface area (Å²) in [5, 5.41) is 4.07. The van der Waals surface area contributed by atoms with Crippen LogP contribution in [0.15, 0.2) is 64.3 Å². The van der Waals surface area contributed by atoms with Crippen molar-refractivity contribution < 1.29 is 14.0 Å². The number of halogens is 2. The summed E-state index contributed by atoms with van der Waals surface area (Å²) in [6.45, 7) is 0. The molecule has 2 aromatic carbocycles. The molecule has 0 unspecified atom stereocenters. The molecule has 1 aliphatic heterocycles. The second-order valence-corrected chi connectivity index (χ2v) is 7.99. The van der Waals surface area contributed by atoms with Crippen molar-refractivity contribution in [2.24, 2.45) is 4.99 Å². The number of aliphatic imine (C=N–C) groups is 1. The number of amides is 2. The summed E-state index contributed by atoms with van der Waals surface area (Å²) < 4.78 is 15.0. The average molecular weight is 469 g/mol. The minimum Gasteiger partial charge on any atom is -0.310 e. The molecule has 0 N–H and O–H groups in total. The molecule has 4 rings (SSSR count). The van der Waals surface area contributed by atoms with Crippen LogP contribution in [-0.4, -0.2) is 34.5 Å². The van der Waals surface area contributed by atoms with Gasteiger partial charge in [0.2, 0.25) is 0 Å². The zero-order valence-corrected chi connectivity index (χ0v) is 17.8. The summed E-state index contributed by atoms with van der Waals surface area (Å²) in [5.41, 5.74) is 3.71. The number of hydrogen-bond acceptors (Lipinski definition) is 3. The number of nitrogens with zero attached hydrogens (tertiary/aromatic N) is 4. The van der Waals surface area contributed by atoms with Crippen LogP contribution in [0.25, 0.3) is 0 Å². The Morgan fingerprint density at radius 3 is 2.70 bits per heavy atom. The van der Waals surface area contributed by atoms with Crippen molar-refractivity contribution in [3.63, 3.8) is 0 Å². The first-order valence-electron chi connectivity index (χ1n) is 9.37. The number of carbonyl (C=O) groups excluding carboxylic acids is 2. The van der Waals surface area contributed by atoms with Gasteiger partial charge in [-0.25, -0.2) is 9.18 Å². The first kappa shape index (κ1) is 20.2. The monoisotopic (exact) mass is 468 g/mol. The van der Waals surface area contributed by atoms with E-state index in [1.165, 1.54) is 17.0 Å². The van der Waals surface area contributed by atoms with E-state index in [9.17, 15) is 14.0 Å². The maximum atomic E-state index is 13.0. The molecular formula is C22H18BrFN4O2. The number of anilines is 1. The summed E-state index contributed by atoms with van der Waals surface area (Å²) in [4.78, 5) is 31.0. The van der Waals surface area contributed by atoms with Crippen LogP contribution >= 0.6 is 15.9 Å². The average Bonchev–Trinajstić information content (AvgIpc) is 3.17. The highest BCUT2D eigenvalue weighted by atomic mass is 79.9. The Bertz CT molecular complexity index is 1150. The van der Waals surface area contributed by atoms with Crippen LogP contribution in [-0.2, 0) is 17.6 Å². The van der Waals surface area contributed by atoms with E-state index in [0.717, 1.165) is 31.5 Å². The first-order valence-corrected chi connectivity index (χ1v) is 10.2. The molecule has 30 heavy (non-hydrogen) atoms. The Morgan fingerprint density at radius 2 is 1.93 bits per heavy atom. The predicted molar refractivity (Wildman–Crippen MR) is 116 cm³/mol. The van der Waals surface area contributed by atoms with Gasteiger partial charge in [-0.2, -0.15) is 14.8 Å². The second kappa shape index (κ2) is 8.31. The zero-order chi connectivity index (χ0) is 21.3. The lowest BCUT2D eigenvalue weighted by Crippen LogP contribution is -2.33. The van der Waals surface area contributed by atoms with Crippen molar-refractivity contribution >= 4 is 39.3 Å². The van der Waals surface area contributed by atoms with Gasteiger partial charge in [0.05, 0.1) is 6.20 Å². The normalized spacial score (nSPS) is 15.2. The third-order valence-corrected chi connectivity index (χ3v) is 5.47. The fraction of sp³-hybridized carbons (Fsp3) is 0.182. The summed E-state index contributed by atoms with van der Waals surface area (Å²) >= 11 is 3.43. The Morgan fingerprint density at radius 1 is 1.17 bits per heavy atom. The van der Waals surface area contributed by atoms with E-state index in [4.69, 9.17) is 0 Å². The molecule has 0 fully saturated rings. The highest BCUT2D eigenvalue weighted by Crippen LogP contribution is 2.28. The lowest BCUT2D eigenvalue weighted by atomic mass is 10.1. The Hall–Kier alpha value is -3.13. The quantitative estimate of drug-likeness (QED) is 0.559. The van der Waals surface area contributed by atoms with Crippen molar-refractivity contribution in [2.45, 2.75) is 19.3 Å². The van der Waals surface area contributed by atoms with E-state index in [2.05, 4.69) is 26.0 Å². The first-order chi connectivity index (χ1) is 14.4. The number of hydrogen-bond donors (Lipinski definition) is 0. The van der Waals surface area contributed by atoms with Crippen LogP contribution in [0.4, 0.5) is 14.9 Å². The van der Waals surface area contributed by atoms with E-state index in [-0.39, 0.29) is 17.4 Å². The Balaban J connectivity index is 1.52. The summed E-state index contributed by atoms with van der Waals surface area (Å²) in [6.07, 6.45) is 4.63. The molecule has 0 saturated carbocycles. The molecule has 0 atom stereocenters. The van der Waals surface area contributed by atoms with Crippen LogP contribution in [0.5, 0.6) is 0 Å². The minimum absolute atomic E-state index is 0.199.